The van der Waals surface area contributed by atoms with E-state index in [0.29, 0.717) is 11.2 Å². The molecule has 18 heavy (non-hydrogen) atoms. The van der Waals surface area contributed by atoms with Crippen LogP contribution in [0.2, 0.25) is 0 Å². The number of carbonyl (C=O) groups is 1. The predicted molar refractivity (Wildman–Crippen MR) is 68.8 cm³/mol. The Kier molecular flexibility index (Phi) is 4.23. The number of aliphatic carboxylic acids is 1. The molecule has 0 aliphatic carbocycles. The minimum Gasteiger partial charge on any atom is -0.481 e. The highest BCUT2D eigenvalue weighted by Crippen LogP contribution is 2.21. The average molecular weight is 270 g/mol. The van der Waals surface area contributed by atoms with Crippen molar-refractivity contribution in [2.24, 2.45) is 0 Å². The SMILES string of the molecule is Cc1nnc(SCC(=O)O)n1CC1CCCN1C. The molecule has 0 amide bonds. The number of thioether (sulfide) groups is 1. The number of aryl methyl sites for hydroxylation is 1. The summed E-state index contributed by atoms with van der Waals surface area (Å²) in [5.41, 5.74) is 0. The molecule has 1 aromatic rings. The van der Waals surface area contributed by atoms with Gasteiger partial charge in [-0.1, -0.05) is 11.8 Å². The predicted octanol–water partition coefficient (Wildman–Crippen LogP) is 0.857. The van der Waals surface area contributed by atoms with Crippen molar-refractivity contribution in [3.05, 3.63) is 5.82 Å². The summed E-state index contributed by atoms with van der Waals surface area (Å²) in [5, 5.41) is 17.5. The van der Waals surface area contributed by atoms with Crippen molar-refractivity contribution in [2.75, 3.05) is 19.3 Å². The molecule has 7 heteroatoms. The molecule has 1 fully saturated rings. The van der Waals surface area contributed by atoms with Crippen molar-refractivity contribution in [2.45, 2.75) is 37.5 Å². The van der Waals surface area contributed by atoms with Crippen molar-refractivity contribution >= 4 is 17.7 Å². The van der Waals surface area contributed by atoms with E-state index < -0.39 is 5.97 Å². The van der Waals surface area contributed by atoms with Gasteiger partial charge in [0.2, 0.25) is 0 Å². The fourth-order valence-electron chi connectivity index (χ4n) is 2.23. The maximum Gasteiger partial charge on any atom is 0.313 e. The molecule has 0 bridgehead atoms. The Hall–Kier alpha value is -1.08. The molecule has 1 atom stereocenters. The number of rotatable bonds is 5. The van der Waals surface area contributed by atoms with E-state index in [1.165, 1.54) is 24.6 Å². The van der Waals surface area contributed by atoms with Gasteiger partial charge in [0.15, 0.2) is 5.16 Å². The van der Waals surface area contributed by atoms with Gasteiger partial charge in [-0.25, -0.2) is 0 Å². The number of carboxylic acid groups (broad SMARTS) is 1. The van der Waals surface area contributed by atoms with Gasteiger partial charge in [-0.3, -0.25) is 4.79 Å². The largest absolute Gasteiger partial charge is 0.481 e. The van der Waals surface area contributed by atoms with Gasteiger partial charge in [-0.05, 0) is 33.4 Å². The highest BCUT2D eigenvalue weighted by atomic mass is 32.2. The van der Waals surface area contributed by atoms with Gasteiger partial charge in [0.1, 0.15) is 5.82 Å². The van der Waals surface area contributed by atoms with Crippen LogP contribution >= 0.6 is 11.8 Å². The lowest BCUT2D eigenvalue weighted by molar-refractivity contribution is -0.133. The lowest BCUT2D eigenvalue weighted by Crippen LogP contribution is -2.30. The van der Waals surface area contributed by atoms with E-state index in [-0.39, 0.29) is 5.75 Å². The first-order valence-electron chi connectivity index (χ1n) is 6.02. The Morgan fingerprint density at radius 2 is 2.33 bits per heavy atom. The Labute approximate surface area is 110 Å². The van der Waals surface area contributed by atoms with E-state index >= 15 is 0 Å². The van der Waals surface area contributed by atoms with Crippen LogP contribution in [0, 0.1) is 6.92 Å². The van der Waals surface area contributed by atoms with Crippen LogP contribution in [-0.4, -0.2) is 56.1 Å². The Morgan fingerprint density at radius 1 is 1.56 bits per heavy atom. The molecule has 1 unspecified atom stereocenters. The van der Waals surface area contributed by atoms with Crippen LogP contribution in [0.15, 0.2) is 5.16 Å². The summed E-state index contributed by atoms with van der Waals surface area (Å²) in [5.74, 6) is 0.0481. The van der Waals surface area contributed by atoms with Gasteiger partial charge in [-0.15, -0.1) is 10.2 Å². The standard InChI is InChI=1S/C11H18N4O2S/c1-8-12-13-11(18-7-10(16)17)15(8)6-9-4-3-5-14(9)2/h9H,3-7H2,1-2H3,(H,16,17). The van der Waals surface area contributed by atoms with Crippen LogP contribution in [0.25, 0.3) is 0 Å². The zero-order valence-electron chi connectivity index (χ0n) is 10.7. The molecule has 0 radical (unpaired) electrons. The number of aromatic nitrogens is 3. The van der Waals surface area contributed by atoms with Crippen molar-refractivity contribution in [1.82, 2.24) is 19.7 Å². The highest BCUT2D eigenvalue weighted by Gasteiger charge is 2.23. The van der Waals surface area contributed by atoms with Crippen molar-refractivity contribution in [3.63, 3.8) is 0 Å². The van der Waals surface area contributed by atoms with Crippen LogP contribution in [0.3, 0.4) is 0 Å². The number of carboxylic acids is 1. The van der Waals surface area contributed by atoms with Crippen LogP contribution in [0.4, 0.5) is 0 Å². The molecule has 1 aliphatic rings. The van der Waals surface area contributed by atoms with E-state index in [9.17, 15) is 4.79 Å². The Bertz CT molecular complexity index is 435. The molecule has 1 N–H and O–H groups in total. The first-order valence-corrected chi connectivity index (χ1v) is 7.01. The van der Waals surface area contributed by atoms with Gasteiger partial charge in [-0.2, -0.15) is 0 Å². The quantitative estimate of drug-likeness (QED) is 0.800. The van der Waals surface area contributed by atoms with Crippen LogP contribution in [0.5, 0.6) is 0 Å². The summed E-state index contributed by atoms with van der Waals surface area (Å²) >= 11 is 1.23. The molecule has 0 saturated carbocycles. The van der Waals surface area contributed by atoms with Gasteiger partial charge in [0, 0.05) is 12.6 Å². The van der Waals surface area contributed by atoms with Gasteiger partial charge >= 0.3 is 5.97 Å². The molecular weight excluding hydrogens is 252 g/mol. The third kappa shape index (κ3) is 3.02. The van der Waals surface area contributed by atoms with Crippen molar-refractivity contribution < 1.29 is 9.90 Å². The molecule has 6 nitrogen and oxygen atoms in total. The summed E-state index contributed by atoms with van der Waals surface area (Å²) in [7, 11) is 2.13. The smallest absolute Gasteiger partial charge is 0.313 e. The zero-order valence-corrected chi connectivity index (χ0v) is 11.5. The number of hydrogen-bond donors (Lipinski definition) is 1. The normalized spacial score (nSPS) is 20.4. The fourth-order valence-corrected chi connectivity index (χ4v) is 2.94. The molecule has 2 rings (SSSR count). The molecule has 1 aromatic heterocycles. The topological polar surface area (TPSA) is 71.2 Å². The molecule has 0 aromatic carbocycles. The van der Waals surface area contributed by atoms with E-state index in [4.69, 9.17) is 5.11 Å². The summed E-state index contributed by atoms with van der Waals surface area (Å²) in [6, 6.07) is 0.504. The second-order valence-corrected chi connectivity index (χ2v) is 5.54. The molecule has 2 heterocycles. The van der Waals surface area contributed by atoms with Crippen LogP contribution in [0.1, 0.15) is 18.7 Å². The first-order chi connectivity index (χ1) is 8.58. The number of likely N-dealkylation sites (tertiary alicyclic amines) is 1. The summed E-state index contributed by atoms with van der Waals surface area (Å²) in [4.78, 5) is 12.9. The second-order valence-electron chi connectivity index (χ2n) is 4.60. The van der Waals surface area contributed by atoms with Crippen molar-refractivity contribution in [1.29, 1.82) is 0 Å². The van der Waals surface area contributed by atoms with E-state index in [0.717, 1.165) is 18.9 Å². The fraction of sp³-hybridized carbons (Fsp3) is 0.727. The molecule has 1 aliphatic heterocycles. The minimum atomic E-state index is -0.829. The summed E-state index contributed by atoms with van der Waals surface area (Å²) in [6.45, 7) is 3.88. The maximum atomic E-state index is 10.6. The molecule has 0 spiro atoms. The molecular formula is C11H18N4O2S. The average Bonchev–Trinajstić information content (AvgIpc) is 2.86. The third-order valence-corrected chi connectivity index (χ3v) is 4.24. The Balaban J connectivity index is 2.06. The second kappa shape index (κ2) is 5.71. The van der Waals surface area contributed by atoms with Gasteiger partial charge in [0.25, 0.3) is 0 Å². The van der Waals surface area contributed by atoms with E-state index in [1.807, 2.05) is 11.5 Å². The van der Waals surface area contributed by atoms with Gasteiger partial charge < -0.3 is 14.6 Å². The van der Waals surface area contributed by atoms with Crippen LogP contribution in [-0.2, 0) is 11.3 Å². The lowest BCUT2D eigenvalue weighted by Gasteiger charge is -2.20. The van der Waals surface area contributed by atoms with Crippen LogP contribution < -0.4 is 0 Å². The summed E-state index contributed by atoms with van der Waals surface area (Å²) < 4.78 is 2.03. The van der Waals surface area contributed by atoms with E-state index in [1.54, 1.807) is 0 Å². The molecule has 1 saturated heterocycles. The Morgan fingerprint density at radius 3 is 2.94 bits per heavy atom. The van der Waals surface area contributed by atoms with Crippen molar-refractivity contribution in [3.8, 4) is 0 Å². The highest BCUT2D eigenvalue weighted by molar-refractivity contribution is 7.99. The van der Waals surface area contributed by atoms with E-state index in [2.05, 4.69) is 22.1 Å². The molecule has 100 valence electrons. The number of nitrogens with zero attached hydrogens (tertiary/aromatic N) is 4. The third-order valence-electron chi connectivity index (χ3n) is 3.29. The first kappa shape index (κ1) is 13.4. The number of hydrogen-bond acceptors (Lipinski definition) is 5. The summed E-state index contributed by atoms with van der Waals surface area (Å²) in [6.07, 6.45) is 2.40. The zero-order chi connectivity index (χ0) is 13.1. The minimum absolute atomic E-state index is 0.0264. The number of likely N-dealkylation sites (N-methyl/N-ethyl adjacent to an activating group) is 1. The van der Waals surface area contributed by atoms with Gasteiger partial charge in [0.05, 0.1) is 5.75 Å². The monoisotopic (exact) mass is 270 g/mol. The maximum absolute atomic E-state index is 10.6. The lowest BCUT2D eigenvalue weighted by atomic mass is 10.2.